The lowest BCUT2D eigenvalue weighted by Crippen LogP contribution is -2.66. The normalized spacial score (nSPS) is 38.1. The molecule has 3 aliphatic rings. The summed E-state index contributed by atoms with van der Waals surface area (Å²) in [5.41, 5.74) is -1.33. The van der Waals surface area contributed by atoms with Gasteiger partial charge in [0.15, 0.2) is 24.3 Å². The molecular formula is C45H71NO17. The number of carbonyl (C=O) groups excluding carboxylic acids is 6. The van der Waals surface area contributed by atoms with Crippen LogP contribution in [0.5, 0.6) is 0 Å². The van der Waals surface area contributed by atoms with Gasteiger partial charge < -0.3 is 62.2 Å². The summed E-state index contributed by atoms with van der Waals surface area (Å²) in [4.78, 5) is 77.6. The Hall–Kier alpha value is -3.78. The number of likely N-dealkylation sites (N-methyl/N-ethyl adjacent to an activating group) is 1. The van der Waals surface area contributed by atoms with Gasteiger partial charge in [-0.05, 0) is 66.1 Å². The zero-order valence-electron chi connectivity index (χ0n) is 38.9. The molecule has 1 N–H and O–H groups in total. The molecule has 358 valence electrons. The van der Waals surface area contributed by atoms with Crippen molar-refractivity contribution in [2.75, 3.05) is 21.2 Å². The zero-order chi connectivity index (χ0) is 47.2. The number of methoxy groups -OCH3 is 1. The fraction of sp³-hybridized carbons (Fsp3) is 0.778. The molecule has 16 atom stereocenters. The largest absolute Gasteiger partial charge is 0.462 e. The van der Waals surface area contributed by atoms with Crippen LogP contribution in [0.25, 0.3) is 0 Å². The second kappa shape index (κ2) is 25.1. The first-order chi connectivity index (χ1) is 29.7. The fourth-order valence-corrected chi connectivity index (χ4v) is 8.57. The molecule has 0 aromatic carbocycles. The third-order valence-electron chi connectivity index (χ3n) is 11.5. The van der Waals surface area contributed by atoms with Crippen LogP contribution in [0.2, 0.25) is 0 Å². The number of carbonyl (C=O) groups is 6. The van der Waals surface area contributed by atoms with E-state index in [1.165, 1.54) is 21.0 Å². The minimum absolute atomic E-state index is 0.0260. The fourth-order valence-electron chi connectivity index (χ4n) is 8.57. The third-order valence-corrected chi connectivity index (χ3v) is 11.5. The van der Waals surface area contributed by atoms with Crippen molar-refractivity contribution < 1.29 is 81.2 Å². The maximum Gasteiger partial charge on any atom is 0.309 e. The van der Waals surface area contributed by atoms with E-state index in [0.29, 0.717) is 12.7 Å². The highest BCUT2D eigenvalue weighted by atomic mass is 16.7. The summed E-state index contributed by atoms with van der Waals surface area (Å²) < 4.78 is 60.7. The van der Waals surface area contributed by atoms with Crippen LogP contribution in [0.1, 0.15) is 107 Å². The van der Waals surface area contributed by atoms with Gasteiger partial charge in [-0.1, -0.05) is 39.0 Å². The van der Waals surface area contributed by atoms with Crippen LogP contribution in [-0.2, 0) is 76.1 Å². The van der Waals surface area contributed by atoms with Crippen molar-refractivity contribution in [2.24, 2.45) is 11.8 Å². The molecule has 0 aromatic rings. The van der Waals surface area contributed by atoms with Crippen LogP contribution in [0.15, 0.2) is 24.3 Å². The molecule has 0 aromatic heterocycles. The number of cyclic esters (lactones) is 1. The van der Waals surface area contributed by atoms with Gasteiger partial charge in [-0.2, -0.15) is 0 Å². The van der Waals surface area contributed by atoms with Gasteiger partial charge in [0.2, 0.25) is 0 Å². The highest BCUT2D eigenvalue weighted by Crippen LogP contribution is 2.39. The van der Waals surface area contributed by atoms with Crippen molar-refractivity contribution in [3.8, 4) is 0 Å². The minimum Gasteiger partial charge on any atom is -0.462 e. The average molecular weight is 898 g/mol. The first kappa shape index (κ1) is 53.6. The summed E-state index contributed by atoms with van der Waals surface area (Å²) in [6.45, 7) is 14.4. The Balaban J connectivity index is 2.09. The Bertz CT molecular complexity index is 1590. The molecule has 0 spiro atoms. The summed E-state index contributed by atoms with van der Waals surface area (Å²) in [6.07, 6.45) is -4.48. The van der Waals surface area contributed by atoms with Crippen LogP contribution >= 0.6 is 0 Å². The summed E-state index contributed by atoms with van der Waals surface area (Å²) in [5, 5.41) is 12.2. The molecule has 3 heterocycles. The Kier molecular flexibility index (Phi) is 21.3. The molecule has 2 saturated heterocycles. The molecular weight excluding hydrogens is 826 g/mol. The highest BCUT2D eigenvalue weighted by Gasteiger charge is 2.54. The summed E-state index contributed by atoms with van der Waals surface area (Å²) in [7, 11) is 4.82. The number of allylic oxidation sites excluding steroid dienone is 2. The van der Waals surface area contributed by atoms with Crippen molar-refractivity contribution >= 4 is 36.1 Å². The number of ether oxygens (including phenoxy) is 10. The van der Waals surface area contributed by atoms with Gasteiger partial charge in [0.25, 0.3) is 0 Å². The van der Waals surface area contributed by atoms with Crippen molar-refractivity contribution in [3.63, 3.8) is 0 Å². The van der Waals surface area contributed by atoms with Gasteiger partial charge in [0, 0.05) is 53.1 Å². The van der Waals surface area contributed by atoms with E-state index in [9.17, 15) is 33.9 Å². The van der Waals surface area contributed by atoms with E-state index in [1.807, 2.05) is 6.92 Å². The lowest BCUT2D eigenvalue weighted by molar-refractivity contribution is -0.344. The van der Waals surface area contributed by atoms with Gasteiger partial charge >= 0.3 is 29.8 Å². The standard InChI is InChI=1S/C45H71NO17/c1-13-34(50)59-33-23-36(52)55-26(4)18-16-15-17-19-32(58-29(7)48)25(3)22-31(20-21-47)41(42(33)54-12)62-44-39(53)38(46(10)11)40(27(5)57-44)61-37-24-45(9,63-30(8)49)43(28(6)56-37)60-35(51)14-2/h15-17,19,21,25-28,31-33,37-44,53H,13-14,18,20,22-24H2,1-12H3/b16-15+,19-17+/t25-,26-,27-,28+,31?,32+,33?,37+,38-,39-,40-,41+,42+,43+,44+,45-/m1/s1. The topological polar surface area (TPSA) is 218 Å². The van der Waals surface area contributed by atoms with Gasteiger partial charge in [-0.3, -0.25) is 24.0 Å². The molecule has 0 radical (unpaired) electrons. The number of esters is 5. The smallest absolute Gasteiger partial charge is 0.309 e. The van der Waals surface area contributed by atoms with E-state index >= 15 is 0 Å². The molecule has 3 rings (SSSR count). The van der Waals surface area contributed by atoms with E-state index in [2.05, 4.69) is 0 Å². The third kappa shape index (κ3) is 15.4. The van der Waals surface area contributed by atoms with E-state index < -0.39 is 133 Å². The van der Waals surface area contributed by atoms with Crippen molar-refractivity contribution in [2.45, 2.75) is 193 Å². The van der Waals surface area contributed by atoms with Crippen molar-refractivity contribution in [1.82, 2.24) is 4.90 Å². The van der Waals surface area contributed by atoms with Gasteiger partial charge in [0.1, 0.15) is 42.9 Å². The van der Waals surface area contributed by atoms with E-state index in [1.54, 1.807) is 84.8 Å². The Morgan fingerprint density at radius 2 is 1.57 bits per heavy atom. The van der Waals surface area contributed by atoms with Crippen LogP contribution in [0.4, 0.5) is 0 Å². The summed E-state index contributed by atoms with van der Waals surface area (Å²) in [6, 6.07) is -0.833. The number of hydrogen-bond acceptors (Lipinski definition) is 18. The second-order valence-electron chi connectivity index (χ2n) is 17.1. The van der Waals surface area contributed by atoms with Gasteiger partial charge in [0.05, 0.1) is 30.8 Å². The second-order valence-corrected chi connectivity index (χ2v) is 17.1. The molecule has 2 fully saturated rings. The number of nitrogens with zero attached hydrogens (tertiary/aromatic N) is 1. The van der Waals surface area contributed by atoms with Crippen LogP contribution in [0, 0.1) is 11.8 Å². The Labute approximate surface area is 371 Å². The number of rotatable bonds is 14. The quantitative estimate of drug-likeness (QED) is 0.148. The molecule has 2 unspecified atom stereocenters. The highest BCUT2D eigenvalue weighted by molar-refractivity contribution is 5.73. The lowest BCUT2D eigenvalue weighted by atomic mass is 9.82. The first-order valence-corrected chi connectivity index (χ1v) is 21.9. The monoisotopic (exact) mass is 897 g/mol. The molecule has 3 aliphatic heterocycles. The number of aldehydes is 1. The molecule has 0 aliphatic carbocycles. The predicted molar refractivity (Wildman–Crippen MR) is 224 cm³/mol. The molecule has 0 bridgehead atoms. The van der Waals surface area contributed by atoms with Crippen molar-refractivity contribution in [1.29, 1.82) is 0 Å². The van der Waals surface area contributed by atoms with Crippen LogP contribution < -0.4 is 0 Å². The number of aliphatic hydroxyl groups is 1. The molecule has 18 heteroatoms. The SMILES string of the molecule is CCC(=O)OC1CC(=O)O[C@H](C)C/C=C/C=C/[C@H](OC(C)=O)[C@H](C)CC(CC=O)[C@H](O[C@@H]2O[C@H](C)[C@@H](O[C@H]3C[C@@](C)(OC(C)=O)[C@@H](OC(=O)CC)[C@H](C)O3)[C@H](N(C)C)[C@H]2O)[C@H]1OC. The Morgan fingerprint density at radius 3 is 2.16 bits per heavy atom. The van der Waals surface area contributed by atoms with Crippen LogP contribution in [-0.4, -0.2) is 153 Å². The molecule has 18 nitrogen and oxygen atoms in total. The maximum atomic E-state index is 13.4. The minimum atomic E-state index is -1.45. The van der Waals surface area contributed by atoms with Crippen LogP contribution in [0.3, 0.4) is 0 Å². The van der Waals surface area contributed by atoms with Gasteiger partial charge in [-0.15, -0.1) is 0 Å². The molecule has 0 amide bonds. The first-order valence-electron chi connectivity index (χ1n) is 21.9. The van der Waals surface area contributed by atoms with E-state index in [0.717, 1.165) is 0 Å². The average Bonchev–Trinajstić information content (AvgIpc) is 3.18. The maximum absolute atomic E-state index is 13.4. The summed E-state index contributed by atoms with van der Waals surface area (Å²) >= 11 is 0. The van der Waals surface area contributed by atoms with Crippen molar-refractivity contribution in [3.05, 3.63) is 24.3 Å². The predicted octanol–water partition coefficient (Wildman–Crippen LogP) is 3.91. The van der Waals surface area contributed by atoms with E-state index in [-0.39, 0.29) is 32.1 Å². The number of hydrogen-bond donors (Lipinski definition) is 1. The molecule has 63 heavy (non-hydrogen) atoms. The Morgan fingerprint density at radius 1 is 0.905 bits per heavy atom. The van der Waals surface area contributed by atoms with E-state index in [4.69, 9.17) is 47.4 Å². The summed E-state index contributed by atoms with van der Waals surface area (Å²) in [5.74, 6) is -4.06. The van der Waals surface area contributed by atoms with Gasteiger partial charge in [-0.25, -0.2) is 0 Å². The zero-order valence-corrected chi connectivity index (χ0v) is 38.9. The lowest BCUT2D eigenvalue weighted by Gasteiger charge is -2.50. The number of aliphatic hydroxyl groups excluding tert-OH is 1. The molecule has 0 saturated carbocycles.